The number of ether oxygens (including phenoxy) is 1. The van der Waals surface area contributed by atoms with E-state index in [2.05, 4.69) is 10.4 Å². The molecule has 0 aliphatic carbocycles. The second-order valence-electron chi connectivity index (χ2n) is 7.25. The van der Waals surface area contributed by atoms with Gasteiger partial charge in [0.25, 0.3) is 5.56 Å². The molecule has 1 fully saturated rings. The SMILES string of the molecule is COc1cccc(NC(=O)N2CCC(n3nc(-c4ccccc4)ccc3=O)CC2)c1. The lowest BCUT2D eigenvalue weighted by Gasteiger charge is -2.32. The molecule has 1 saturated heterocycles. The van der Waals surface area contributed by atoms with Gasteiger partial charge in [0.2, 0.25) is 0 Å². The summed E-state index contributed by atoms with van der Waals surface area (Å²) in [5, 5.41) is 7.50. The summed E-state index contributed by atoms with van der Waals surface area (Å²) in [7, 11) is 1.59. The Morgan fingerprint density at radius 2 is 1.80 bits per heavy atom. The molecule has 30 heavy (non-hydrogen) atoms. The number of methoxy groups -OCH3 is 1. The predicted molar refractivity (Wildman–Crippen MR) is 116 cm³/mol. The molecule has 1 aliphatic heterocycles. The smallest absolute Gasteiger partial charge is 0.321 e. The van der Waals surface area contributed by atoms with Crippen molar-refractivity contribution in [2.75, 3.05) is 25.5 Å². The van der Waals surface area contributed by atoms with E-state index in [4.69, 9.17) is 4.74 Å². The first kappa shape index (κ1) is 19.7. The summed E-state index contributed by atoms with van der Waals surface area (Å²) in [4.78, 5) is 26.8. The van der Waals surface area contributed by atoms with Crippen LogP contribution in [0.25, 0.3) is 11.3 Å². The van der Waals surface area contributed by atoms with Gasteiger partial charge in [0.1, 0.15) is 5.75 Å². The zero-order valence-electron chi connectivity index (χ0n) is 16.8. The van der Waals surface area contributed by atoms with Crippen LogP contribution in [0.5, 0.6) is 5.75 Å². The van der Waals surface area contributed by atoms with E-state index in [0.717, 1.165) is 11.3 Å². The van der Waals surface area contributed by atoms with Gasteiger partial charge >= 0.3 is 6.03 Å². The minimum absolute atomic E-state index is 0.0259. The number of aromatic nitrogens is 2. The van der Waals surface area contributed by atoms with E-state index in [1.54, 1.807) is 34.9 Å². The molecule has 0 unspecified atom stereocenters. The van der Waals surface area contributed by atoms with Gasteiger partial charge in [-0.2, -0.15) is 5.10 Å². The molecule has 4 rings (SSSR count). The van der Waals surface area contributed by atoms with Crippen molar-refractivity contribution < 1.29 is 9.53 Å². The fourth-order valence-electron chi connectivity index (χ4n) is 3.67. The summed E-state index contributed by atoms with van der Waals surface area (Å²) in [6.07, 6.45) is 1.35. The molecule has 0 saturated carbocycles. The molecule has 0 atom stereocenters. The van der Waals surface area contributed by atoms with E-state index in [1.165, 1.54) is 0 Å². The summed E-state index contributed by atoms with van der Waals surface area (Å²) < 4.78 is 6.76. The van der Waals surface area contributed by atoms with Gasteiger partial charge in [0.15, 0.2) is 0 Å². The number of hydrogen-bond donors (Lipinski definition) is 1. The van der Waals surface area contributed by atoms with Crippen molar-refractivity contribution >= 4 is 11.7 Å². The van der Waals surface area contributed by atoms with E-state index < -0.39 is 0 Å². The van der Waals surface area contributed by atoms with Crippen LogP contribution >= 0.6 is 0 Å². The van der Waals surface area contributed by atoms with Crippen LogP contribution in [-0.2, 0) is 0 Å². The van der Waals surface area contributed by atoms with Crippen molar-refractivity contribution in [2.45, 2.75) is 18.9 Å². The second-order valence-corrected chi connectivity index (χ2v) is 7.25. The molecule has 1 N–H and O–H groups in total. The van der Waals surface area contributed by atoms with Gasteiger partial charge in [-0.05, 0) is 31.0 Å². The highest BCUT2D eigenvalue weighted by Crippen LogP contribution is 2.23. The number of nitrogens with one attached hydrogen (secondary N) is 1. The molecule has 0 spiro atoms. The second kappa shape index (κ2) is 8.82. The quantitative estimate of drug-likeness (QED) is 0.718. The lowest BCUT2D eigenvalue weighted by atomic mass is 10.1. The number of carbonyl (C=O) groups is 1. The highest BCUT2D eigenvalue weighted by molar-refractivity contribution is 5.89. The van der Waals surface area contributed by atoms with E-state index >= 15 is 0 Å². The molecule has 0 bridgehead atoms. The van der Waals surface area contributed by atoms with Crippen LogP contribution in [0, 0.1) is 0 Å². The average Bonchev–Trinajstić information content (AvgIpc) is 2.80. The molecule has 1 aromatic heterocycles. The lowest BCUT2D eigenvalue weighted by molar-refractivity contribution is 0.179. The maximum Gasteiger partial charge on any atom is 0.321 e. The Balaban J connectivity index is 1.42. The maximum absolute atomic E-state index is 12.6. The van der Waals surface area contributed by atoms with Crippen molar-refractivity contribution in [3.05, 3.63) is 77.1 Å². The van der Waals surface area contributed by atoms with Crippen molar-refractivity contribution in [1.82, 2.24) is 14.7 Å². The van der Waals surface area contributed by atoms with Crippen LogP contribution in [0.3, 0.4) is 0 Å². The number of piperidine rings is 1. The number of anilines is 1. The zero-order valence-corrected chi connectivity index (χ0v) is 16.8. The monoisotopic (exact) mass is 404 g/mol. The fourth-order valence-corrected chi connectivity index (χ4v) is 3.67. The van der Waals surface area contributed by atoms with Crippen molar-refractivity contribution in [2.24, 2.45) is 0 Å². The number of likely N-dealkylation sites (tertiary alicyclic amines) is 1. The van der Waals surface area contributed by atoms with Gasteiger partial charge in [-0.3, -0.25) is 4.79 Å². The van der Waals surface area contributed by atoms with Gasteiger partial charge in [0, 0.05) is 36.5 Å². The molecule has 2 aromatic carbocycles. The van der Waals surface area contributed by atoms with Crippen LogP contribution in [0.15, 0.2) is 71.5 Å². The number of rotatable bonds is 4. The third-order valence-electron chi connectivity index (χ3n) is 5.31. The Bertz CT molecular complexity index is 1070. The molecular weight excluding hydrogens is 380 g/mol. The minimum Gasteiger partial charge on any atom is -0.497 e. The number of benzene rings is 2. The van der Waals surface area contributed by atoms with E-state index in [-0.39, 0.29) is 17.6 Å². The van der Waals surface area contributed by atoms with Gasteiger partial charge in [-0.15, -0.1) is 0 Å². The molecule has 0 radical (unpaired) electrons. The largest absolute Gasteiger partial charge is 0.497 e. The first-order chi connectivity index (χ1) is 14.6. The number of amides is 2. The molecule has 7 nitrogen and oxygen atoms in total. The molecule has 2 heterocycles. The normalized spacial score (nSPS) is 14.4. The number of carbonyl (C=O) groups excluding carboxylic acids is 1. The van der Waals surface area contributed by atoms with Crippen LogP contribution in [0.2, 0.25) is 0 Å². The van der Waals surface area contributed by atoms with Crippen LogP contribution in [-0.4, -0.2) is 40.9 Å². The maximum atomic E-state index is 12.6. The van der Waals surface area contributed by atoms with Gasteiger partial charge in [-0.1, -0.05) is 36.4 Å². The summed E-state index contributed by atoms with van der Waals surface area (Å²) in [6, 6.07) is 20.2. The van der Waals surface area contributed by atoms with Crippen molar-refractivity contribution in [3.8, 4) is 17.0 Å². The van der Waals surface area contributed by atoms with E-state index in [0.29, 0.717) is 37.4 Å². The summed E-state index contributed by atoms with van der Waals surface area (Å²) in [6.45, 7) is 1.12. The van der Waals surface area contributed by atoms with Gasteiger partial charge in [-0.25, -0.2) is 9.48 Å². The lowest BCUT2D eigenvalue weighted by Crippen LogP contribution is -2.43. The molecular formula is C23H24N4O3. The third kappa shape index (κ3) is 4.35. The van der Waals surface area contributed by atoms with Crippen LogP contribution < -0.4 is 15.6 Å². The van der Waals surface area contributed by atoms with Crippen molar-refractivity contribution in [1.29, 1.82) is 0 Å². The number of hydrogen-bond acceptors (Lipinski definition) is 4. The zero-order chi connectivity index (χ0) is 20.9. The fraction of sp³-hybridized carbons (Fsp3) is 0.261. The highest BCUT2D eigenvalue weighted by Gasteiger charge is 2.25. The van der Waals surface area contributed by atoms with E-state index in [1.807, 2.05) is 48.5 Å². The van der Waals surface area contributed by atoms with Gasteiger partial charge in [0.05, 0.1) is 18.8 Å². The molecule has 7 heteroatoms. The number of nitrogens with zero attached hydrogens (tertiary/aromatic N) is 3. The number of urea groups is 1. The standard InChI is InChI=1S/C23H24N4O3/c1-30-20-9-5-8-18(16-20)24-23(29)26-14-12-19(13-15-26)27-22(28)11-10-21(25-27)17-6-3-2-4-7-17/h2-11,16,19H,12-15H2,1H3,(H,24,29). The Labute approximate surface area is 174 Å². The predicted octanol–water partition coefficient (Wildman–Crippen LogP) is 3.79. The topological polar surface area (TPSA) is 76.5 Å². The van der Waals surface area contributed by atoms with E-state index in [9.17, 15) is 9.59 Å². The Kier molecular flexibility index (Phi) is 5.79. The Morgan fingerprint density at radius 1 is 1.03 bits per heavy atom. The Hall–Kier alpha value is -3.61. The van der Waals surface area contributed by atoms with Gasteiger partial charge < -0.3 is 15.0 Å². The first-order valence-electron chi connectivity index (χ1n) is 9.99. The van der Waals surface area contributed by atoms with Crippen LogP contribution in [0.4, 0.5) is 10.5 Å². The summed E-state index contributed by atoms with van der Waals surface area (Å²) in [5.74, 6) is 0.690. The molecule has 3 aromatic rings. The van der Waals surface area contributed by atoms with Crippen molar-refractivity contribution in [3.63, 3.8) is 0 Å². The Morgan fingerprint density at radius 3 is 2.53 bits per heavy atom. The molecule has 154 valence electrons. The minimum atomic E-state index is -0.153. The first-order valence-corrected chi connectivity index (χ1v) is 9.99. The van der Waals surface area contributed by atoms with Crippen LogP contribution in [0.1, 0.15) is 18.9 Å². The average molecular weight is 404 g/mol. The summed E-state index contributed by atoms with van der Waals surface area (Å²) in [5.41, 5.74) is 2.32. The third-order valence-corrected chi connectivity index (χ3v) is 5.31. The summed E-state index contributed by atoms with van der Waals surface area (Å²) >= 11 is 0. The molecule has 1 aliphatic rings. The molecule has 2 amide bonds. The highest BCUT2D eigenvalue weighted by atomic mass is 16.5.